The quantitative estimate of drug-likeness (QED) is 0.185. The lowest BCUT2D eigenvalue weighted by molar-refractivity contribution is 1.08. The van der Waals surface area contributed by atoms with E-state index in [0.29, 0.717) is 0 Å². The molecule has 0 saturated carbocycles. The van der Waals surface area contributed by atoms with Crippen molar-refractivity contribution in [3.05, 3.63) is 170 Å². The topological polar surface area (TPSA) is 35.6 Å². The van der Waals surface area contributed by atoms with Crippen molar-refractivity contribution in [1.82, 2.24) is 19.1 Å². The van der Waals surface area contributed by atoms with Crippen LogP contribution in [0.15, 0.2) is 170 Å². The Bertz CT molecular complexity index is 3300. The molecule has 11 aromatic rings. The Kier molecular flexibility index (Phi) is 5.47. The van der Waals surface area contributed by atoms with Gasteiger partial charge >= 0.3 is 0 Å². The molecule has 52 heavy (non-hydrogen) atoms. The first-order valence-corrected chi connectivity index (χ1v) is 17.8. The zero-order chi connectivity index (χ0) is 33.9. The Morgan fingerprint density at radius 1 is 0.346 bits per heavy atom. The molecule has 4 nitrogen and oxygen atoms in total. The fourth-order valence-corrected chi connectivity index (χ4v) is 8.83. The van der Waals surface area contributed by atoms with Crippen molar-refractivity contribution in [2.24, 2.45) is 0 Å². The highest BCUT2D eigenvalue weighted by atomic mass is 15.1. The van der Waals surface area contributed by atoms with Gasteiger partial charge in [0.25, 0.3) is 0 Å². The summed E-state index contributed by atoms with van der Waals surface area (Å²) in [6.45, 7) is 0. The minimum Gasteiger partial charge on any atom is -0.308 e. The van der Waals surface area contributed by atoms with E-state index in [1.54, 1.807) is 0 Å². The predicted molar refractivity (Wildman–Crippen MR) is 216 cm³/mol. The fourth-order valence-electron chi connectivity index (χ4n) is 8.83. The van der Waals surface area contributed by atoms with Crippen LogP contribution in [-0.2, 0) is 0 Å². The summed E-state index contributed by atoms with van der Waals surface area (Å²) in [4.78, 5) is 10.8. The second-order valence-corrected chi connectivity index (χ2v) is 13.8. The van der Waals surface area contributed by atoms with Gasteiger partial charge in [0.15, 0.2) is 5.82 Å². The van der Waals surface area contributed by atoms with Crippen molar-refractivity contribution in [3.63, 3.8) is 0 Å². The zero-order valence-electron chi connectivity index (χ0n) is 28.0. The van der Waals surface area contributed by atoms with Gasteiger partial charge < -0.3 is 4.57 Å². The Hall–Kier alpha value is -7.04. The molecular weight excluding hydrogens is 633 g/mol. The molecule has 0 bridgehead atoms. The molecule has 0 aliphatic carbocycles. The van der Waals surface area contributed by atoms with E-state index >= 15 is 0 Å². The van der Waals surface area contributed by atoms with E-state index in [0.717, 1.165) is 44.5 Å². The van der Waals surface area contributed by atoms with Crippen LogP contribution >= 0.6 is 0 Å². The normalized spacial score (nSPS) is 12.2. The summed E-state index contributed by atoms with van der Waals surface area (Å²) < 4.78 is 4.85. The van der Waals surface area contributed by atoms with Crippen molar-refractivity contribution >= 4 is 65.4 Å². The van der Waals surface area contributed by atoms with Crippen LogP contribution in [0.25, 0.3) is 110 Å². The molecule has 0 N–H and O–H groups in total. The highest BCUT2D eigenvalue weighted by molar-refractivity contribution is 6.22. The Labute approximate surface area is 298 Å². The van der Waals surface area contributed by atoms with Gasteiger partial charge in [-0.25, -0.2) is 9.97 Å². The third-order valence-corrected chi connectivity index (χ3v) is 11.0. The molecule has 12 rings (SSSR count). The lowest BCUT2D eigenvalue weighted by Gasteiger charge is -2.15. The molecule has 4 heterocycles. The molecule has 0 amide bonds. The van der Waals surface area contributed by atoms with Crippen LogP contribution in [0.2, 0.25) is 0 Å². The first-order chi connectivity index (χ1) is 25.8. The molecule has 0 atom stereocenters. The number of hydrogen-bond acceptors (Lipinski definition) is 2. The van der Waals surface area contributed by atoms with E-state index in [-0.39, 0.29) is 0 Å². The molecular formula is C48H28N4. The Morgan fingerprint density at radius 3 is 1.77 bits per heavy atom. The molecule has 4 heteroatoms. The summed E-state index contributed by atoms with van der Waals surface area (Å²) in [5.41, 5.74) is 14.5. The largest absolute Gasteiger partial charge is 0.308 e. The predicted octanol–water partition coefficient (Wildman–Crippen LogP) is 12.3. The van der Waals surface area contributed by atoms with Crippen LogP contribution in [0, 0.1) is 0 Å². The van der Waals surface area contributed by atoms with Gasteiger partial charge in [-0.3, -0.25) is 4.57 Å². The first kappa shape index (κ1) is 27.7. The number of fused-ring (bicyclic) bond motifs is 13. The molecule has 0 spiro atoms. The molecule has 0 fully saturated rings. The molecule has 0 radical (unpaired) electrons. The number of para-hydroxylation sites is 5. The van der Waals surface area contributed by atoms with Crippen molar-refractivity contribution in [1.29, 1.82) is 0 Å². The second-order valence-electron chi connectivity index (χ2n) is 13.8. The van der Waals surface area contributed by atoms with Gasteiger partial charge in [0.05, 0.1) is 38.8 Å². The van der Waals surface area contributed by atoms with Crippen LogP contribution in [-0.4, -0.2) is 19.1 Å². The first-order valence-electron chi connectivity index (χ1n) is 17.8. The SMILES string of the molecule is c1ccc2c(c1)-c1ccccc1-n1c3cc4c5ccccc5n(-c5nc6ccccc6nc5-c5cccc6ccccc56)c4cc3c3cccc-2c31. The van der Waals surface area contributed by atoms with Crippen molar-refractivity contribution < 1.29 is 0 Å². The van der Waals surface area contributed by atoms with E-state index in [9.17, 15) is 0 Å². The zero-order valence-corrected chi connectivity index (χ0v) is 28.0. The summed E-state index contributed by atoms with van der Waals surface area (Å²) in [5, 5.41) is 7.14. The molecule has 1 aliphatic rings. The highest BCUT2D eigenvalue weighted by Crippen LogP contribution is 2.48. The molecule has 3 aromatic heterocycles. The van der Waals surface area contributed by atoms with Gasteiger partial charge in [-0.2, -0.15) is 0 Å². The number of hydrogen-bond donors (Lipinski definition) is 0. The smallest absolute Gasteiger partial charge is 0.165 e. The molecule has 240 valence electrons. The van der Waals surface area contributed by atoms with Crippen LogP contribution in [0.3, 0.4) is 0 Å². The lowest BCUT2D eigenvalue weighted by Crippen LogP contribution is -2.04. The average molecular weight is 661 g/mol. The molecule has 0 saturated heterocycles. The van der Waals surface area contributed by atoms with Gasteiger partial charge in [-0.05, 0) is 58.3 Å². The van der Waals surface area contributed by atoms with E-state index in [4.69, 9.17) is 9.97 Å². The maximum absolute atomic E-state index is 5.45. The molecule has 0 unspecified atom stereocenters. The van der Waals surface area contributed by atoms with Crippen LogP contribution in [0.4, 0.5) is 0 Å². The van der Waals surface area contributed by atoms with Crippen molar-refractivity contribution in [2.75, 3.05) is 0 Å². The minimum absolute atomic E-state index is 0.824. The fraction of sp³-hybridized carbons (Fsp3) is 0. The lowest BCUT2D eigenvalue weighted by atomic mass is 9.94. The van der Waals surface area contributed by atoms with Crippen LogP contribution < -0.4 is 0 Å². The monoisotopic (exact) mass is 660 g/mol. The van der Waals surface area contributed by atoms with Crippen molar-refractivity contribution in [3.8, 4) is 45.0 Å². The summed E-state index contributed by atoms with van der Waals surface area (Å²) in [6.07, 6.45) is 0. The summed E-state index contributed by atoms with van der Waals surface area (Å²) in [5.74, 6) is 0.824. The van der Waals surface area contributed by atoms with Gasteiger partial charge in [0.2, 0.25) is 0 Å². The van der Waals surface area contributed by atoms with Gasteiger partial charge in [0.1, 0.15) is 5.69 Å². The maximum Gasteiger partial charge on any atom is 0.165 e. The van der Waals surface area contributed by atoms with Crippen molar-refractivity contribution in [2.45, 2.75) is 0 Å². The molecule has 8 aromatic carbocycles. The van der Waals surface area contributed by atoms with E-state index < -0.39 is 0 Å². The standard InChI is InChI=1S/C48H28N4/c1-2-15-30-29(13-1)14-11-20-35(30)46-48(50-41-24-8-7-23-40(41)49-46)52-43-26-10-6-19-34(43)38-27-44-39(28-45(38)52)37-22-12-21-36-32-17-4-3-16-31(32)33-18-5-9-25-42(33)51(44)47(36)37/h1-28H. The van der Waals surface area contributed by atoms with Gasteiger partial charge in [0, 0.05) is 38.2 Å². The third kappa shape index (κ3) is 3.65. The van der Waals surface area contributed by atoms with E-state index in [1.165, 1.54) is 65.9 Å². The summed E-state index contributed by atoms with van der Waals surface area (Å²) >= 11 is 0. The van der Waals surface area contributed by atoms with Gasteiger partial charge in [-0.1, -0.05) is 133 Å². The summed E-state index contributed by atoms with van der Waals surface area (Å²) in [7, 11) is 0. The maximum atomic E-state index is 5.45. The highest BCUT2D eigenvalue weighted by Gasteiger charge is 2.26. The minimum atomic E-state index is 0.824. The van der Waals surface area contributed by atoms with E-state index in [2.05, 4.69) is 167 Å². The third-order valence-electron chi connectivity index (χ3n) is 11.0. The summed E-state index contributed by atoms with van der Waals surface area (Å²) in [6, 6.07) is 61.2. The van der Waals surface area contributed by atoms with Crippen LogP contribution in [0.1, 0.15) is 0 Å². The Morgan fingerprint density at radius 2 is 0.904 bits per heavy atom. The number of nitrogens with zero attached hydrogens (tertiary/aromatic N) is 4. The Balaban J connectivity index is 1.26. The number of aromatic nitrogens is 4. The van der Waals surface area contributed by atoms with Gasteiger partial charge in [-0.15, -0.1) is 0 Å². The number of rotatable bonds is 2. The second kappa shape index (κ2) is 10.3. The number of benzene rings is 8. The van der Waals surface area contributed by atoms with E-state index in [1.807, 2.05) is 12.1 Å². The average Bonchev–Trinajstić information content (AvgIpc) is 3.66. The molecule has 1 aliphatic heterocycles. The van der Waals surface area contributed by atoms with Crippen LogP contribution in [0.5, 0.6) is 0 Å².